The summed E-state index contributed by atoms with van der Waals surface area (Å²) in [5, 5.41) is 23.2. The van der Waals surface area contributed by atoms with Gasteiger partial charge in [-0.1, -0.05) is 24.3 Å². The molecule has 0 aliphatic rings. The van der Waals surface area contributed by atoms with Crippen LogP contribution >= 0.6 is 11.8 Å². The summed E-state index contributed by atoms with van der Waals surface area (Å²) >= 11 is 1.54. The fraction of sp³-hybridized carbons (Fsp3) is 0.143. The minimum absolute atomic E-state index is 0.146. The zero-order valence-electron chi connectivity index (χ0n) is 19.3. The highest BCUT2D eigenvalue weighted by Gasteiger charge is 2.32. The molecule has 5 aromatic rings. The maximum atomic E-state index is 13.3. The zero-order chi connectivity index (χ0) is 24.9. The van der Waals surface area contributed by atoms with Gasteiger partial charge in [-0.15, -0.1) is 11.8 Å². The van der Waals surface area contributed by atoms with Crippen LogP contribution in [0.3, 0.4) is 0 Å². The molecule has 0 aliphatic carbocycles. The predicted octanol–water partition coefficient (Wildman–Crippen LogP) is 5.83. The van der Waals surface area contributed by atoms with Crippen molar-refractivity contribution < 1.29 is 19.0 Å². The molecule has 176 valence electrons. The molecule has 2 N–H and O–H groups in total. The van der Waals surface area contributed by atoms with Gasteiger partial charge in [-0.2, -0.15) is 0 Å². The maximum absolute atomic E-state index is 13.3. The Kier molecular flexibility index (Phi) is 5.65. The van der Waals surface area contributed by atoms with E-state index in [0.717, 1.165) is 16.0 Å². The third kappa shape index (κ3) is 3.88. The van der Waals surface area contributed by atoms with Crippen molar-refractivity contribution in [3.05, 3.63) is 109 Å². The van der Waals surface area contributed by atoms with E-state index in [-0.39, 0.29) is 33.8 Å². The molecule has 0 radical (unpaired) electrons. The lowest BCUT2D eigenvalue weighted by atomic mass is 9.84. The quantitative estimate of drug-likeness (QED) is 0.243. The number of hydrogen-bond donors (Lipinski definition) is 2. The second kappa shape index (κ2) is 8.67. The lowest BCUT2D eigenvalue weighted by molar-refractivity contribution is 0.441. The van der Waals surface area contributed by atoms with Gasteiger partial charge >= 0.3 is 11.3 Å². The van der Waals surface area contributed by atoms with Crippen LogP contribution in [0.15, 0.2) is 84.0 Å². The van der Waals surface area contributed by atoms with Crippen LogP contribution in [0.2, 0.25) is 0 Å². The first-order valence-corrected chi connectivity index (χ1v) is 12.2. The van der Waals surface area contributed by atoms with Crippen molar-refractivity contribution in [3.8, 4) is 11.5 Å². The molecule has 0 unspecified atom stereocenters. The molecule has 35 heavy (non-hydrogen) atoms. The summed E-state index contributed by atoms with van der Waals surface area (Å²) in [7, 11) is 0. The summed E-state index contributed by atoms with van der Waals surface area (Å²) in [4.78, 5) is 27.5. The Bertz CT molecular complexity index is 1610. The van der Waals surface area contributed by atoms with Gasteiger partial charge in [0.1, 0.15) is 22.7 Å². The largest absolute Gasteiger partial charge is 0.507 e. The second-order valence-electron chi connectivity index (χ2n) is 8.51. The fourth-order valence-corrected chi connectivity index (χ4v) is 4.80. The Balaban J connectivity index is 1.88. The third-order valence-corrected chi connectivity index (χ3v) is 6.91. The standard InChI is InChI=1S/C28H22O6S/c1-14-4-10-18-20(12-14)33-27(31)23(25(18)29)22(16-6-8-17(35-3)9-7-16)24-26(30)19-11-5-15(2)13-21(19)34-28(24)32/h4-13,22,29-30H,1-3H3. The summed E-state index contributed by atoms with van der Waals surface area (Å²) in [6.45, 7) is 3.70. The Morgan fingerprint density at radius 3 is 1.60 bits per heavy atom. The Morgan fingerprint density at radius 2 is 1.17 bits per heavy atom. The molecule has 0 amide bonds. The van der Waals surface area contributed by atoms with Crippen molar-refractivity contribution in [1.82, 2.24) is 0 Å². The van der Waals surface area contributed by atoms with Gasteiger partial charge in [-0.3, -0.25) is 0 Å². The molecular weight excluding hydrogens is 464 g/mol. The minimum Gasteiger partial charge on any atom is -0.507 e. The van der Waals surface area contributed by atoms with E-state index >= 15 is 0 Å². The van der Waals surface area contributed by atoms with E-state index in [2.05, 4.69) is 0 Å². The highest BCUT2D eigenvalue weighted by molar-refractivity contribution is 7.98. The molecule has 6 nitrogen and oxygen atoms in total. The van der Waals surface area contributed by atoms with Crippen LogP contribution in [0, 0.1) is 13.8 Å². The molecule has 5 rings (SSSR count). The molecule has 2 aromatic heterocycles. The zero-order valence-corrected chi connectivity index (χ0v) is 20.1. The van der Waals surface area contributed by atoms with Crippen molar-refractivity contribution >= 4 is 33.7 Å². The molecule has 0 spiro atoms. The summed E-state index contributed by atoms with van der Waals surface area (Å²) in [5.74, 6) is -1.74. The second-order valence-corrected chi connectivity index (χ2v) is 9.39. The van der Waals surface area contributed by atoms with Crippen molar-refractivity contribution in [2.24, 2.45) is 0 Å². The van der Waals surface area contributed by atoms with E-state index in [0.29, 0.717) is 16.3 Å². The molecule has 3 aromatic carbocycles. The van der Waals surface area contributed by atoms with E-state index in [1.807, 2.05) is 32.2 Å². The Hall–Kier alpha value is -3.97. The lowest BCUT2D eigenvalue weighted by Gasteiger charge is -2.20. The predicted molar refractivity (Wildman–Crippen MR) is 137 cm³/mol. The van der Waals surface area contributed by atoms with Gasteiger partial charge in [-0.05, 0) is 73.2 Å². The first-order valence-electron chi connectivity index (χ1n) is 10.9. The van der Waals surface area contributed by atoms with Crippen molar-refractivity contribution in [2.45, 2.75) is 24.7 Å². The van der Waals surface area contributed by atoms with Gasteiger partial charge in [0, 0.05) is 4.90 Å². The Labute approximate surface area is 204 Å². The Morgan fingerprint density at radius 1 is 0.714 bits per heavy atom. The summed E-state index contributed by atoms with van der Waals surface area (Å²) in [6, 6.07) is 17.4. The lowest BCUT2D eigenvalue weighted by Crippen LogP contribution is -2.21. The number of fused-ring (bicyclic) bond motifs is 2. The van der Waals surface area contributed by atoms with Crippen LogP contribution in [0.25, 0.3) is 21.9 Å². The first-order chi connectivity index (χ1) is 16.8. The molecule has 0 fully saturated rings. The highest BCUT2D eigenvalue weighted by atomic mass is 32.2. The average molecular weight is 487 g/mol. The van der Waals surface area contributed by atoms with Crippen molar-refractivity contribution in [1.29, 1.82) is 0 Å². The van der Waals surface area contributed by atoms with Gasteiger partial charge in [-0.25, -0.2) is 9.59 Å². The van der Waals surface area contributed by atoms with Gasteiger partial charge in [0.05, 0.1) is 27.8 Å². The molecule has 0 aliphatic heterocycles. The van der Waals surface area contributed by atoms with Crippen LogP contribution in [-0.2, 0) is 0 Å². The number of aromatic hydroxyl groups is 2. The van der Waals surface area contributed by atoms with Gasteiger partial charge in [0.15, 0.2) is 0 Å². The number of benzene rings is 3. The number of hydrogen-bond acceptors (Lipinski definition) is 7. The van der Waals surface area contributed by atoms with E-state index in [1.165, 1.54) is 0 Å². The molecule has 2 heterocycles. The number of thioether (sulfide) groups is 1. The van der Waals surface area contributed by atoms with Crippen LogP contribution in [0.4, 0.5) is 0 Å². The summed E-state index contributed by atoms with van der Waals surface area (Å²) in [6.07, 6.45) is 1.93. The SMILES string of the molecule is CSc1ccc(C(c2c(O)c3ccc(C)cc3oc2=O)c2c(O)c3ccc(C)cc3oc2=O)cc1. The minimum atomic E-state index is -1.13. The third-order valence-electron chi connectivity index (χ3n) is 6.17. The fourth-order valence-electron chi connectivity index (χ4n) is 4.40. The maximum Gasteiger partial charge on any atom is 0.344 e. The van der Waals surface area contributed by atoms with Crippen LogP contribution in [0.1, 0.15) is 33.7 Å². The van der Waals surface area contributed by atoms with Crippen LogP contribution < -0.4 is 11.3 Å². The average Bonchev–Trinajstić information content (AvgIpc) is 2.82. The van der Waals surface area contributed by atoms with E-state index < -0.39 is 17.2 Å². The van der Waals surface area contributed by atoms with Gasteiger partial charge in [0.2, 0.25) is 0 Å². The van der Waals surface area contributed by atoms with Crippen LogP contribution in [-0.4, -0.2) is 16.5 Å². The molecule has 7 heteroatoms. The van der Waals surface area contributed by atoms with Crippen molar-refractivity contribution in [2.75, 3.05) is 6.26 Å². The van der Waals surface area contributed by atoms with E-state index in [4.69, 9.17) is 8.83 Å². The normalized spacial score (nSPS) is 11.5. The molecule has 0 saturated carbocycles. The molecule has 0 saturated heterocycles. The van der Waals surface area contributed by atoms with Gasteiger partial charge < -0.3 is 19.0 Å². The molecular formula is C28H22O6S. The highest BCUT2D eigenvalue weighted by Crippen LogP contribution is 2.42. The summed E-state index contributed by atoms with van der Waals surface area (Å²) in [5.41, 5.74) is 0.812. The number of aryl methyl sites for hydroxylation is 2. The molecule has 0 bridgehead atoms. The molecule has 0 atom stereocenters. The van der Waals surface area contributed by atoms with E-state index in [1.54, 1.807) is 60.3 Å². The van der Waals surface area contributed by atoms with Gasteiger partial charge in [0.25, 0.3) is 0 Å². The monoisotopic (exact) mass is 486 g/mol. The summed E-state index contributed by atoms with van der Waals surface area (Å²) < 4.78 is 11.1. The number of rotatable bonds is 4. The smallest absolute Gasteiger partial charge is 0.344 e. The van der Waals surface area contributed by atoms with Crippen LogP contribution in [0.5, 0.6) is 11.5 Å². The first kappa shape index (κ1) is 22.8. The topological polar surface area (TPSA) is 101 Å². The van der Waals surface area contributed by atoms with E-state index in [9.17, 15) is 19.8 Å². The van der Waals surface area contributed by atoms with Crippen molar-refractivity contribution in [3.63, 3.8) is 0 Å².